The van der Waals surface area contributed by atoms with Crippen LogP contribution in [0.15, 0.2) is 59.6 Å². The van der Waals surface area contributed by atoms with Crippen LogP contribution in [0.4, 0.5) is 11.5 Å². The Balaban J connectivity index is 1.34. The van der Waals surface area contributed by atoms with Gasteiger partial charge in [0, 0.05) is 32.2 Å². The van der Waals surface area contributed by atoms with Crippen LogP contribution < -0.4 is 14.9 Å². The monoisotopic (exact) mass is 397 g/mol. The number of aromatic nitrogens is 2. The number of hydrogen-bond acceptors (Lipinski definition) is 6. The van der Waals surface area contributed by atoms with E-state index in [1.165, 1.54) is 12.8 Å². The molecule has 0 unspecified atom stereocenters. The quantitative estimate of drug-likeness (QED) is 0.596. The van der Waals surface area contributed by atoms with Crippen LogP contribution in [0.25, 0.3) is 10.8 Å². The van der Waals surface area contributed by atoms with E-state index in [0.717, 1.165) is 29.5 Å². The maximum Gasteiger partial charge on any atom is 0.240 e. The molecule has 0 saturated carbocycles. The average Bonchev–Trinajstić information content (AvgIpc) is 3.26. The zero-order valence-corrected chi connectivity index (χ0v) is 16.3. The van der Waals surface area contributed by atoms with E-state index in [-0.39, 0.29) is 11.4 Å². The van der Waals surface area contributed by atoms with Gasteiger partial charge in [0.1, 0.15) is 0 Å². The second-order valence-electron chi connectivity index (χ2n) is 6.83. The molecule has 2 aromatic carbocycles. The minimum Gasteiger partial charge on any atom is -0.370 e. The van der Waals surface area contributed by atoms with Crippen molar-refractivity contribution in [2.75, 3.05) is 36.4 Å². The van der Waals surface area contributed by atoms with Crippen LogP contribution in [0.3, 0.4) is 0 Å². The summed E-state index contributed by atoms with van der Waals surface area (Å²) in [6, 6.07) is 14.8. The smallest absolute Gasteiger partial charge is 0.240 e. The molecule has 1 aromatic heterocycles. The van der Waals surface area contributed by atoms with Crippen molar-refractivity contribution in [3.8, 4) is 0 Å². The van der Waals surface area contributed by atoms with Gasteiger partial charge in [-0.1, -0.05) is 30.3 Å². The third-order valence-electron chi connectivity index (χ3n) is 4.87. The Morgan fingerprint density at radius 1 is 0.964 bits per heavy atom. The van der Waals surface area contributed by atoms with Gasteiger partial charge in [0.25, 0.3) is 0 Å². The molecule has 0 radical (unpaired) electrons. The van der Waals surface area contributed by atoms with Gasteiger partial charge in [-0.15, -0.1) is 5.10 Å². The van der Waals surface area contributed by atoms with Gasteiger partial charge < -0.3 is 10.2 Å². The summed E-state index contributed by atoms with van der Waals surface area (Å²) >= 11 is 0. The number of anilines is 2. The van der Waals surface area contributed by atoms with E-state index in [1.807, 2.05) is 36.4 Å². The molecular weight excluding hydrogens is 374 g/mol. The molecule has 1 saturated heterocycles. The fourth-order valence-electron chi connectivity index (χ4n) is 3.38. The molecule has 0 amide bonds. The molecule has 1 fully saturated rings. The molecule has 0 bridgehead atoms. The van der Waals surface area contributed by atoms with Crippen molar-refractivity contribution in [3.05, 3.63) is 54.7 Å². The zero-order chi connectivity index (χ0) is 19.4. The Morgan fingerprint density at radius 2 is 1.75 bits per heavy atom. The first kappa shape index (κ1) is 18.6. The molecule has 2 N–H and O–H groups in total. The molecule has 2 heterocycles. The van der Waals surface area contributed by atoms with Crippen LogP contribution >= 0.6 is 0 Å². The Hall–Kier alpha value is -2.71. The Morgan fingerprint density at radius 3 is 2.57 bits per heavy atom. The van der Waals surface area contributed by atoms with E-state index < -0.39 is 10.0 Å². The molecule has 0 spiro atoms. The average molecular weight is 398 g/mol. The maximum atomic E-state index is 12.5. The Bertz CT molecular complexity index is 1060. The number of fused-ring (bicyclic) bond motifs is 1. The fraction of sp³-hybridized carbons (Fsp3) is 0.300. The third-order valence-corrected chi connectivity index (χ3v) is 6.32. The summed E-state index contributed by atoms with van der Waals surface area (Å²) in [6.45, 7) is 2.75. The number of nitrogens with one attached hydrogen (secondary N) is 2. The van der Waals surface area contributed by atoms with Crippen LogP contribution in [0.5, 0.6) is 0 Å². The molecule has 28 heavy (non-hydrogen) atoms. The van der Waals surface area contributed by atoms with Gasteiger partial charge in [-0.2, -0.15) is 5.10 Å². The number of benzene rings is 2. The van der Waals surface area contributed by atoms with Crippen LogP contribution in [0.1, 0.15) is 12.8 Å². The van der Waals surface area contributed by atoms with Gasteiger partial charge >= 0.3 is 0 Å². The fourth-order valence-corrected chi connectivity index (χ4v) is 4.45. The lowest BCUT2D eigenvalue weighted by Gasteiger charge is -2.17. The minimum atomic E-state index is -3.56. The van der Waals surface area contributed by atoms with Gasteiger partial charge in [-0.3, -0.25) is 0 Å². The first-order valence-electron chi connectivity index (χ1n) is 9.42. The van der Waals surface area contributed by atoms with Crippen LogP contribution in [0, 0.1) is 0 Å². The second-order valence-corrected chi connectivity index (χ2v) is 8.59. The van der Waals surface area contributed by atoms with E-state index in [0.29, 0.717) is 12.4 Å². The van der Waals surface area contributed by atoms with Crippen molar-refractivity contribution >= 4 is 32.3 Å². The van der Waals surface area contributed by atoms with Gasteiger partial charge in [0.2, 0.25) is 10.0 Å². The number of nitrogens with zero attached hydrogens (tertiary/aromatic N) is 3. The lowest BCUT2D eigenvalue weighted by Crippen LogP contribution is -2.29. The highest BCUT2D eigenvalue weighted by atomic mass is 32.2. The standard InChI is InChI=1S/C20H23N5O2S/c26-28(27,19-8-7-16-5-1-2-6-17(16)13-19)23-10-9-21-20-14-18(15-22-24-20)25-11-3-4-12-25/h1-2,5-8,13-15,23H,3-4,9-12H2,(H,21,24). The minimum absolute atomic E-state index is 0.255. The van der Waals surface area contributed by atoms with Crippen molar-refractivity contribution in [2.45, 2.75) is 17.7 Å². The van der Waals surface area contributed by atoms with Crippen molar-refractivity contribution in [1.29, 1.82) is 0 Å². The lowest BCUT2D eigenvalue weighted by atomic mass is 10.1. The Kier molecular flexibility index (Phi) is 5.40. The highest BCUT2D eigenvalue weighted by molar-refractivity contribution is 7.89. The maximum absolute atomic E-state index is 12.5. The summed E-state index contributed by atoms with van der Waals surface area (Å²) in [7, 11) is -3.56. The van der Waals surface area contributed by atoms with E-state index in [2.05, 4.69) is 25.1 Å². The molecule has 1 aliphatic heterocycles. The molecule has 0 aliphatic carbocycles. The largest absolute Gasteiger partial charge is 0.370 e. The summed E-state index contributed by atoms with van der Waals surface area (Å²) in [5, 5.41) is 13.2. The zero-order valence-electron chi connectivity index (χ0n) is 15.5. The lowest BCUT2D eigenvalue weighted by molar-refractivity contribution is 0.583. The summed E-state index contributed by atoms with van der Waals surface area (Å²) in [5.41, 5.74) is 1.05. The van der Waals surface area contributed by atoms with Crippen molar-refractivity contribution in [2.24, 2.45) is 0 Å². The van der Waals surface area contributed by atoms with E-state index in [1.54, 1.807) is 18.3 Å². The van der Waals surface area contributed by atoms with Gasteiger partial charge in [-0.05, 0) is 35.7 Å². The molecule has 3 aromatic rings. The number of rotatable bonds is 7. The first-order valence-corrected chi connectivity index (χ1v) is 10.9. The molecule has 1 aliphatic rings. The van der Waals surface area contributed by atoms with Crippen molar-refractivity contribution in [1.82, 2.24) is 14.9 Å². The van der Waals surface area contributed by atoms with Crippen LogP contribution in [-0.2, 0) is 10.0 Å². The number of sulfonamides is 1. The first-order chi connectivity index (χ1) is 13.6. The molecular formula is C20H23N5O2S. The molecule has 4 rings (SSSR count). The van der Waals surface area contributed by atoms with Gasteiger partial charge in [0.05, 0.1) is 16.8 Å². The van der Waals surface area contributed by atoms with E-state index in [9.17, 15) is 8.42 Å². The highest BCUT2D eigenvalue weighted by Crippen LogP contribution is 2.21. The predicted molar refractivity (Wildman–Crippen MR) is 111 cm³/mol. The summed E-state index contributed by atoms with van der Waals surface area (Å²) < 4.78 is 27.7. The SMILES string of the molecule is O=S(=O)(NCCNc1cc(N2CCCC2)cnn1)c1ccc2ccccc2c1. The van der Waals surface area contributed by atoms with Crippen molar-refractivity contribution in [3.63, 3.8) is 0 Å². The van der Waals surface area contributed by atoms with E-state index in [4.69, 9.17) is 0 Å². The van der Waals surface area contributed by atoms with E-state index >= 15 is 0 Å². The normalized spacial score (nSPS) is 14.5. The molecule has 146 valence electrons. The van der Waals surface area contributed by atoms with Gasteiger partial charge in [0.15, 0.2) is 5.82 Å². The number of hydrogen-bond donors (Lipinski definition) is 2. The molecule has 7 nitrogen and oxygen atoms in total. The second kappa shape index (κ2) is 8.12. The summed E-state index contributed by atoms with van der Waals surface area (Å²) in [6.07, 6.45) is 4.15. The highest BCUT2D eigenvalue weighted by Gasteiger charge is 2.15. The summed E-state index contributed by atoms with van der Waals surface area (Å²) in [5.74, 6) is 0.648. The summed E-state index contributed by atoms with van der Waals surface area (Å²) in [4.78, 5) is 2.55. The Labute approximate surface area is 164 Å². The van der Waals surface area contributed by atoms with Crippen LogP contribution in [0.2, 0.25) is 0 Å². The van der Waals surface area contributed by atoms with Crippen molar-refractivity contribution < 1.29 is 8.42 Å². The molecule has 0 atom stereocenters. The molecule has 8 heteroatoms. The van der Waals surface area contributed by atoms with Crippen LogP contribution in [-0.4, -0.2) is 44.8 Å². The van der Waals surface area contributed by atoms with Gasteiger partial charge in [-0.25, -0.2) is 13.1 Å². The third kappa shape index (κ3) is 4.23. The topological polar surface area (TPSA) is 87.2 Å². The predicted octanol–water partition coefficient (Wildman–Crippen LogP) is 2.62.